The van der Waals surface area contributed by atoms with Crippen molar-refractivity contribution in [3.8, 4) is 11.5 Å². The Balaban J connectivity index is 1.56. The van der Waals surface area contributed by atoms with Crippen LogP contribution in [0.2, 0.25) is 0 Å². The van der Waals surface area contributed by atoms with Gasteiger partial charge in [-0.25, -0.2) is 0 Å². The van der Waals surface area contributed by atoms with Crippen molar-refractivity contribution >= 4 is 5.71 Å². The van der Waals surface area contributed by atoms with Gasteiger partial charge in [-0.2, -0.15) is 8.78 Å². The van der Waals surface area contributed by atoms with Gasteiger partial charge in [-0.05, 0) is 43.9 Å². The summed E-state index contributed by atoms with van der Waals surface area (Å²) in [6, 6.07) is 4.97. The second-order valence-corrected chi connectivity index (χ2v) is 6.86. The third-order valence-electron chi connectivity index (χ3n) is 5.00. The molecule has 0 N–H and O–H groups in total. The van der Waals surface area contributed by atoms with Crippen molar-refractivity contribution in [1.29, 1.82) is 0 Å². The number of hydrogen-bond acceptors (Lipinski definition) is 5. The SMILES string of the molecule is FC(F)Oc1ccc(C2=NO[C@@]3(CCOC3)C2)cc1OC1CCCC1. The fourth-order valence-corrected chi connectivity index (χ4v) is 3.64. The van der Waals surface area contributed by atoms with Crippen LogP contribution in [0.25, 0.3) is 0 Å². The molecule has 7 heteroatoms. The lowest BCUT2D eigenvalue weighted by Gasteiger charge is -2.18. The van der Waals surface area contributed by atoms with Crippen LogP contribution >= 0.6 is 0 Å². The van der Waals surface area contributed by atoms with Crippen molar-refractivity contribution in [2.45, 2.75) is 56.8 Å². The Bertz CT molecular complexity index is 652. The van der Waals surface area contributed by atoms with E-state index in [4.69, 9.17) is 14.3 Å². The van der Waals surface area contributed by atoms with Gasteiger partial charge in [0.2, 0.25) is 0 Å². The summed E-state index contributed by atoms with van der Waals surface area (Å²) >= 11 is 0. The van der Waals surface area contributed by atoms with Crippen LogP contribution < -0.4 is 9.47 Å². The van der Waals surface area contributed by atoms with Crippen LogP contribution in [-0.4, -0.2) is 37.2 Å². The molecule has 1 saturated carbocycles. The van der Waals surface area contributed by atoms with Gasteiger partial charge in [0.15, 0.2) is 17.1 Å². The van der Waals surface area contributed by atoms with Crippen molar-refractivity contribution < 1.29 is 27.8 Å². The maximum Gasteiger partial charge on any atom is 0.387 e. The van der Waals surface area contributed by atoms with E-state index in [0.717, 1.165) is 43.4 Å². The lowest BCUT2D eigenvalue weighted by Crippen LogP contribution is -2.29. The molecule has 1 aromatic rings. The smallest absolute Gasteiger partial charge is 0.387 e. The number of rotatable bonds is 5. The Morgan fingerprint density at radius 3 is 2.76 bits per heavy atom. The summed E-state index contributed by atoms with van der Waals surface area (Å²) in [4.78, 5) is 5.61. The molecule has 1 atom stereocenters. The van der Waals surface area contributed by atoms with Crippen LogP contribution in [-0.2, 0) is 9.57 Å². The van der Waals surface area contributed by atoms with Gasteiger partial charge in [-0.1, -0.05) is 5.16 Å². The average Bonchev–Trinajstić information content (AvgIpc) is 3.33. The molecule has 2 fully saturated rings. The summed E-state index contributed by atoms with van der Waals surface area (Å²) in [5.74, 6) is 0.403. The lowest BCUT2D eigenvalue weighted by molar-refractivity contribution is -0.0520. The minimum Gasteiger partial charge on any atom is -0.487 e. The molecule has 0 bridgehead atoms. The second kappa shape index (κ2) is 6.78. The van der Waals surface area contributed by atoms with E-state index in [2.05, 4.69) is 9.89 Å². The van der Waals surface area contributed by atoms with E-state index < -0.39 is 6.61 Å². The van der Waals surface area contributed by atoms with Crippen LogP contribution in [0, 0.1) is 0 Å². The first-order chi connectivity index (χ1) is 12.1. The third-order valence-corrected chi connectivity index (χ3v) is 5.00. The van der Waals surface area contributed by atoms with E-state index in [-0.39, 0.29) is 17.5 Å². The van der Waals surface area contributed by atoms with Gasteiger partial charge in [0.1, 0.15) is 0 Å². The van der Waals surface area contributed by atoms with Crippen molar-refractivity contribution in [1.82, 2.24) is 0 Å². The topological polar surface area (TPSA) is 49.3 Å². The van der Waals surface area contributed by atoms with E-state index in [9.17, 15) is 8.78 Å². The fourth-order valence-electron chi connectivity index (χ4n) is 3.64. The molecular formula is C18H21F2NO4. The predicted octanol–water partition coefficient (Wildman–Crippen LogP) is 3.89. The summed E-state index contributed by atoms with van der Waals surface area (Å²) < 4.78 is 41.3. The van der Waals surface area contributed by atoms with Crippen LogP contribution in [0.3, 0.4) is 0 Å². The first kappa shape index (κ1) is 16.6. The molecule has 1 aliphatic carbocycles. The van der Waals surface area contributed by atoms with Gasteiger partial charge in [-0.15, -0.1) is 0 Å². The summed E-state index contributed by atoms with van der Waals surface area (Å²) in [6.07, 6.45) is 5.55. The van der Waals surface area contributed by atoms with Gasteiger partial charge in [0, 0.05) is 18.4 Å². The third kappa shape index (κ3) is 3.56. The van der Waals surface area contributed by atoms with Crippen LogP contribution in [0.15, 0.2) is 23.4 Å². The number of nitrogens with zero attached hydrogens (tertiary/aromatic N) is 1. The zero-order chi connectivity index (χ0) is 17.3. The molecule has 25 heavy (non-hydrogen) atoms. The Hall–Kier alpha value is -1.89. The van der Waals surface area contributed by atoms with Crippen LogP contribution in [0.5, 0.6) is 11.5 Å². The standard InChI is InChI=1S/C18H21F2NO4/c19-17(20)24-15-6-5-12(9-16(15)23-13-3-1-2-4-13)14-10-18(25-21-14)7-8-22-11-18/h5-6,9,13,17H,1-4,7-8,10-11H2/t18-/m0/s1. The number of ether oxygens (including phenoxy) is 3. The molecule has 2 aliphatic heterocycles. The zero-order valence-electron chi connectivity index (χ0n) is 13.9. The first-order valence-electron chi connectivity index (χ1n) is 8.72. The van der Waals surface area contributed by atoms with E-state index in [1.807, 2.05) is 0 Å². The van der Waals surface area contributed by atoms with Crippen LogP contribution in [0.1, 0.15) is 44.1 Å². The number of halogens is 2. The normalized spacial score (nSPS) is 26.3. The second-order valence-electron chi connectivity index (χ2n) is 6.86. The van der Waals surface area contributed by atoms with Crippen molar-refractivity contribution in [2.24, 2.45) is 5.16 Å². The quantitative estimate of drug-likeness (QED) is 0.806. The first-order valence-corrected chi connectivity index (χ1v) is 8.72. The molecule has 0 aromatic heterocycles. The highest BCUT2D eigenvalue weighted by atomic mass is 19.3. The predicted molar refractivity (Wildman–Crippen MR) is 86.4 cm³/mol. The minimum absolute atomic E-state index is 0.0478. The highest BCUT2D eigenvalue weighted by Gasteiger charge is 2.43. The monoisotopic (exact) mass is 353 g/mol. The molecule has 0 radical (unpaired) electrons. The Kier molecular flexibility index (Phi) is 4.50. The highest BCUT2D eigenvalue weighted by Crippen LogP contribution is 2.37. The maximum atomic E-state index is 12.7. The van der Waals surface area contributed by atoms with Crippen molar-refractivity contribution in [2.75, 3.05) is 13.2 Å². The molecule has 5 nitrogen and oxygen atoms in total. The van der Waals surface area contributed by atoms with E-state index in [1.54, 1.807) is 12.1 Å². The number of oxime groups is 1. The Morgan fingerprint density at radius 1 is 1.20 bits per heavy atom. The van der Waals surface area contributed by atoms with E-state index in [0.29, 0.717) is 25.4 Å². The van der Waals surface area contributed by atoms with Crippen molar-refractivity contribution in [3.63, 3.8) is 0 Å². The van der Waals surface area contributed by atoms with E-state index in [1.165, 1.54) is 6.07 Å². The number of benzene rings is 1. The molecular weight excluding hydrogens is 332 g/mol. The van der Waals surface area contributed by atoms with Crippen LogP contribution in [0.4, 0.5) is 8.78 Å². The molecule has 2 heterocycles. The Morgan fingerprint density at radius 2 is 2.04 bits per heavy atom. The molecule has 1 saturated heterocycles. The molecule has 1 aromatic carbocycles. The van der Waals surface area contributed by atoms with Gasteiger partial charge in [0.05, 0.1) is 25.0 Å². The molecule has 0 unspecified atom stereocenters. The summed E-state index contributed by atoms with van der Waals surface area (Å²) in [5.41, 5.74) is 1.21. The molecule has 1 spiro atoms. The van der Waals surface area contributed by atoms with Gasteiger partial charge >= 0.3 is 6.61 Å². The minimum atomic E-state index is -2.89. The number of hydrogen-bond donors (Lipinski definition) is 0. The van der Waals surface area contributed by atoms with E-state index >= 15 is 0 Å². The molecule has 0 amide bonds. The van der Waals surface area contributed by atoms with Crippen molar-refractivity contribution in [3.05, 3.63) is 23.8 Å². The summed E-state index contributed by atoms with van der Waals surface area (Å²) in [5, 5.41) is 4.20. The van der Waals surface area contributed by atoms with Gasteiger partial charge in [-0.3, -0.25) is 0 Å². The average molecular weight is 353 g/mol. The zero-order valence-corrected chi connectivity index (χ0v) is 13.9. The maximum absolute atomic E-state index is 12.7. The van der Waals surface area contributed by atoms with Gasteiger partial charge in [0.25, 0.3) is 0 Å². The molecule has 3 aliphatic rings. The molecule has 4 rings (SSSR count). The summed E-state index contributed by atoms with van der Waals surface area (Å²) in [7, 11) is 0. The largest absolute Gasteiger partial charge is 0.487 e. The highest BCUT2D eigenvalue weighted by molar-refractivity contribution is 6.02. The van der Waals surface area contributed by atoms with Gasteiger partial charge < -0.3 is 19.0 Å². The summed E-state index contributed by atoms with van der Waals surface area (Å²) in [6.45, 7) is -1.69. The lowest BCUT2D eigenvalue weighted by atomic mass is 9.93. The fraction of sp³-hybridized carbons (Fsp3) is 0.611. The molecule has 136 valence electrons. The Labute approximate surface area is 144 Å². The number of alkyl halides is 2.